The molecule has 1 aromatic rings. The number of hydrogen-bond donors (Lipinski definition) is 1. The molecule has 0 spiro atoms. The first-order chi connectivity index (χ1) is 7.29. The monoisotopic (exact) mass is 205 g/mol. The SMILES string of the molecule is CCc1ccc(N2CCCC(N)C2)nc1. The van der Waals surface area contributed by atoms with Crippen molar-refractivity contribution in [2.24, 2.45) is 5.73 Å². The molecule has 1 aliphatic rings. The lowest BCUT2D eigenvalue weighted by Gasteiger charge is -2.31. The summed E-state index contributed by atoms with van der Waals surface area (Å²) in [5, 5.41) is 0. The quantitative estimate of drug-likeness (QED) is 0.797. The molecule has 2 rings (SSSR count). The molecule has 1 aliphatic heterocycles. The Morgan fingerprint density at radius 2 is 2.40 bits per heavy atom. The number of hydrogen-bond acceptors (Lipinski definition) is 3. The van der Waals surface area contributed by atoms with E-state index in [1.54, 1.807) is 0 Å². The second kappa shape index (κ2) is 4.62. The molecule has 0 radical (unpaired) electrons. The second-order valence-corrected chi connectivity index (χ2v) is 4.23. The molecule has 1 fully saturated rings. The van der Waals surface area contributed by atoms with Gasteiger partial charge in [0.2, 0.25) is 0 Å². The van der Waals surface area contributed by atoms with Crippen LogP contribution in [0.4, 0.5) is 5.82 Å². The van der Waals surface area contributed by atoms with E-state index in [9.17, 15) is 0 Å². The van der Waals surface area contributed by atoms with Gasteiger partial charge in [-0.05, 0) is 30.9 Å². The van der Waals surface area contributed by atoms with Gasteiger partial charge in [-0.25, -0.2) is 4.98 Å². The number of pyridine rings is 1. The minimum atomic E-state index is 0.311. The molecule has 3 nitrogen and oxygen atoms in total. The van der Waals surface area contributed by atoms with Crippen LogP contribution in [-0.4, -0.2) is 24.1 Å². The van der Waals surface area contributed by atoms with Crippen molar-refractivity contribution >= 4 is 5.82 Å². The van der Waals surface area contributed by atoms with Crippen LogP contribution < -0.4 is 10.6 Å². The number of anilines is 1. The van der Waals surface area contributed by atoms with Crippen molar-refractivity contribution in [2.75, 3.05) is 18.0 Å². The third-order valence-electron chi connectivity index (χ3n) is 3.00. The molecule has 82 valence electrons. The maximum Gasteiger partial charge on any atom is 0.128 e. The van der Waals surface area contributed by atoms with Gasteiger partial charge in [-0.3, -0.25) is 0 Å². The summed E-state index contributed by atoms with van der Waals surface area (Å²) in [6, 6.07) is 4.57. The molecule has 0 saturated carbocycles. The van der Waals surface area contributed by atoms with Crippen molar-refractivity contribution in [3.63, 3.8) is 0 Å². The summed E-state index contributed by atoms with van der Waals surface area (Å²) in [5.74, 6) is 1.07. The maximum atomic E-state index is 5.95. The third-order valence-corrected chi connectivity index (χ3v) is 3.00. The summed E-state index contributed by atoms with van der Waals surface area (Å²) < 4.78 is 0. The molecule has 1 aromatic heterocycles. The zero-order valence-corrected chi connectivity index (χ0v) is 9.32. The average molecular weight is 205 g/mol. The Balaban J connectivity index is 2.07. The van der Waals surface area contributed by atoms with Gasteiger partial charge in [-0.15, -0.1) is 0 Å². The van der Waals surface area contributed by atoms with Crippen molar-refractivity contribution in [2.45, 2.75) is 32.2 Å². The lowest BCUT2D eigenvalue weighted by atomic mass is 10.1. The van der Waals surface area contributed by atoms with Gasteiger partial charge < -0.3 is 10.6 Å². The molecule has 2 N–H and O–H groups in total. The van der Waals surface area contributed by atoms with Crippen LogP contribution >= 0.6 is 0 Å². The van der Waals surface area contributed by atoms with Crippen LogP contribution in [0.1, 0.15) is 25.3 Å². The number of rotatable bonds is 2. The maximum absolute atomic E-state index is 5.95. The first kappa shape index (κ1) is 10.4. The Labute approximate surface area is 91.3 Å². The van der Waals surface area contributed by atoms with Gasteiger partial charge in [0.1, 0.15) is 5.82 Å². The fraction of sp³-hybridized carbons (Fsp3) is 0.583. The van der Waals surface area contributed by atoms with E-state index in [0.29, 0.717) is 6.04 Å². The fourth-order valence-corrected chi connectivity index (χ4v) is 2.03. The highest BCUT2D eigenvalue weighted by Gasteiger charge is 2.17. The lowest BCUT2D eigenvalue weighted by Crippen LogP contribution is -2.43. The Morgan fingerprint density at radius 3 is 3.00 bits per heavy atom. The van der Waals surface area contributed by atoms with Crippen molar-refractivity contribution in [1.82, 2.24) is 4.98 Å². The van der Waals surface area contributed by atoms with Crippen molar-refractivity contribution in [3.8, 4) is 0 Å². The van der Waals surface area contributed by atoms with E-state index >= 15 is 0 Å². The second-order valence-electron chi connectivity index (χ2n) is 4.23. The van der Waals surface area contributed by atoms with Gasteiger partial charge in [-0.2, -0.15) is 0 Å². The molecule has 3 heteroatoms. The minimum absolute atomic E-state index is 0.311. The Bertz CT molecular complexity index is 307. The van der Waals surface area contributed by atoms with Crippen LogP contribution in [0.3, 0.4) is 0 Å². The first-order valence-electron chi connectivity index (χ1n) is 5.75. The van der Waals surface area contributed by atoms with Crippen molar-refractivity contribution < 1.29 is 0 Å². The van der Waals surface area contributed by atoms with Crippen LogP contribution in [0.2, 0.25) is 0 Å². The van der Waals surface area contributed by atoms with E-state index in [2.05, 4.69) is 28.9 Å². The number of nitrogens with two attached hydrogens (primary N) is 1. The molecule has 2 heterocycles. The zero-order chi connectivity index (χ0) is 10.7. The number of piperidine rings is 1. The van der Waals surface area contributed by atoms with Gasteiger partial charge >= 0.3 is 0 Å². The van der Waals surface area contributed by atoms with Crippen LogP contribution in [0.25, 0.3) is 0 Å². The van der Waals surface area contributed by atoms with Crippen LogP contribution in [0, 0.1) is 0 Å². The molecule has 1 unspecified atom stereocenters. The summed E-state index contributed by atoms with van der Waals surface area (Å²) >= 11 is 0. The highest BCUT2D eigenvalue weighted by molar-refractivity contribution is 5.40. The largest absolute Gasteiger partial charge is 0.355 e. The first-order valence-corrected chi connectivity index (χ1v) is 5.75. The Hall–Kier alpha value is -1.09. The fourth-order valence-electron chi connectivity index (χ4n) is 2.03. The molecule has 1 atom stereocenters. The molecule has 15 heavy (non-hydrogen) atoms. The van der Waals surface area contributed by atoms with E-state index < -0.39 is 0 Å². The zero-order valence-electron chi connectivity index (χ0n) is 9.32. The summed E-state index contributed by atoms with van der Waals surface area (Å²) in [7, 11) is 0. The Morgan fingerprint density at radius 1 is 1.53 bits per heavy atom. The molecular formula is C12H19N3. The molecule has 0 bridgehead atoms. The molecule has 1 saturated heterocycles. The van der Waals surface area contributed by atoms with E-state index in [0.717, 1.165) is 31.7 Å². The number of aryl methyl sites for hydroxylation is 1. The Kier molecular flexibility index (Phi) is 3.21. The standard InChI is InChI=1S/C12H19N3/c1-2-10-5-6-12(14-8-10)15-7-3-4-11(13)9-15/h5-6,8,11H,2-4,7,9,13H2,1H3. The van der Waals surface area contributed by atoms with E-state index in [1.807, 2.05) is 6.20 Å². The van der Waals surface area contributed by atoms with Crippen molar-refractivity contribution in [3.05, 3.63) is 23.9 Å². The van der Waals surface area contributed by atoms with Gasteiger partial charge in [0.05, 0.1) is 0 Å². The number of aromatic nitrogens is 1. The van der Waals surface area contributed by atoms with Gasteiger partial charge in [0.15, 0.2) is 0 Å². The van der Waals surface area contributed by atoms with Crippen molar-refractivity contribution in [1.29, 1.82) is 0 Å². The third kappa shape index (κ3) is 2.48. The highest BCUT2D eigenvalue weighted by atomic mass is 15.2. The van der Waals surface area contributed by atoms with Crippen LogP contribution in [0.5, 0.6) is 0 Å². The van der Waals surface area contributed by atoms with Gasteiger partial charge in [-0.1, -0.05) is 13.0 Å². The normalized spacial score (nSPS) is 21.7. The lowest BCUT2D eigenvalue weighted by molar-refractivity contribution is 0.503. The predicted octanol–water partition coefficient (Wildman–Crippen LogP) is 1.57. The van der Waals surface area contributed by atoms with E-state index in [-0.39, 0.29) is 0 Å². The molecule has 0 aromatic carbocycles. The smallest absolute Gasteiger partial charge is 0.128 e. The van der Waals surface area contributed by atoms with Gasteiger partial charge in [0.25, 0.3) is 0 Å². The number of nitrogens with zero attached hydrogens (tertiary/aromatic N) is 2. The van der Waals surface area contributed by atoms with Crippen LogP contribution in [0.15, 0.2) is 18.3 Å². The van der Waals surface area contributed by atoms with Gasteiger partial charge in [0, 0.05) is 25.3 Å². The van der Waals surface area contributed by atoms with Crippen LogP contribution in [-0.2, 0) is 6.42 Å². The summed E-state index contributed by atoms with van der Waals surface area (Å²) in [5.41, 5.74) is 7.24. The predicted molar refractivity (Wildman–Crippen MR) is 63.0 cm³/mol. The minimum Gasteiger partial charge on any atom is -0.355 e. The topological polar surface area (TPSA) is 42.1 Å². The average Bonchev–Trinajstić information content (AvgIpc) is 2.29. The highest BCUT2D eigenvalue weighted by Crippen LogP contribution is 2.17. The molecular weight excluding hydrogens is 186 g/mol. The molecule has 0 amide bonds. The van der Waals surface area contributed by atoms with E-state index in [1.165, 1.54) is 12.0 Å². The molecule has 0 aliphatic carbocycles. The summed E-state index contributed by atoms with van der Waals surface area (Å²) in [6.07, 6.45) is 5.34. The summed E-state index contributed by atoms with van der Waals surface area (Å²) in [6.45, 7) is 4.18. The van der Waals surface area contributed by atoms with E-state index in [4.69, 9.17) is 5.73 Å². The summed E-state index contributed by atoms with van der Waals surface area (Å²) in [4.78, 5) is 6.76.